The fourth-order valence-corrected chi connectivity index (χ4v) is 5.01. The predicted octanol–water partition coefficient (Wildman–Crippen LogP) is 2.26. The van der Waals surface area contributed by atoms with Crippen molar-refractivity contribution in [1.29, 1.82) is 0 Å². The van der Waals surface area contributed by atoms with Crippen molar-refractivity contribution < 1.29 is 56.0 Å². The van der Waals surface area contributed by atoms with E-state index in [9.17, 15) is 27.6 Å². The molecule has 0 amide bonds. The third-order valence-electron chi connectivity index (χ3n) is 5.64. The first-order valence-electron chi connectivity index (χ1n) is 12.4. The summed E-state index contributed by atoms with van der Waals surface area (Å²) in [5.41, 5.74) is 1.15. The number of anilines is 1. The number of hydrogen-bond acceptors (Lipinski definition) is 12. The molecule has 0 saturated carbocycles. The predicted molar refractivity (Wildman–Crippen MR) is 141 cm³/mol. The molecule has 0 bridgehead atoms. The third-order valence-corrected chi connectivity index (χ3v) is 7.04. The molecule has 0 spiro atoms. The van der Waals surface area contributed by atoms with E-state index in [0.717, 1.165) is 33.3 Å². The van der Waals surface area contributed by atoms with E-state index in [1.54, 1.807) is 12.1 Å². The van der Waals surface area contributed by atoms with Gasteiger partial charge >= 0.3 is 23.9 Å². The highest BCUT2D eigenvalue weighted by molar-refractivity contribution is 7.92. The Morgan fingerprint density at radius 2 is 1.29 bits per heavy atom. The molecule has 2 aromatic rings. The van der Waals surface area contributed by atoms with Crippen LogP contribution in [0.2, 0.25) is 0 Å². The largest absolute Gasteiger partial charge is 0.463 e. The minimum absolute atomic E-state index is 0.0842. The molecule has 0 aliphatic carbocycles. The number of benzene rings is 2. The number of hydrogen-bond donors (Lipinski definition) is 1. The topological polar surface area (TPSA) is 170 Å². The van der Waals surface area contributed by atoms with Crippen LogP contribution < -0.4 is 9.46 Å². The van der Waals surface area contributed by atoms with Crippen molar-refractivity contribution in [3.05, 3.63) is 54.1 Å². The molecule has 0 unspecified atom stereocenters. The Labute approximate surface area is 237 Å². The summed E-state index contributed by atoms with van der Waals surface area (Å²) >= 11 is 0. The Kier molecular flexibility index (Phi) is 10.3. The highest BCUT2D eigenvalue weighted by Crippen LogP contribution is 2.31. The zero-order valence-electron chi connectivity index (χ0n) is 23.0. The second kappa shape index (κ2) is 13.5. The average Bonchev–Trinajstić information content (AvgIpc) is 2.87. The molecule has 41 heavy (non-hydrogen) atoms. The second-order valence-corrected chi connectivity index (χ2v) is 10.8. The van der Waals surface area contributed by atoms with Crippen LogP contribution in [0.1, 0.15) is 33.3 Å². The molecule has 1 aliphatic heterocycles. The van der Waals surface area contributed by atoms with Crippen molar-refractivity contribution in [2.45, 2.75) is 70.2 Å². The maximum Gasteiger partial charge on any atom is 0.303 e. The number of esters is 4. The molecule has 2 aromatic carbocycles. The molecular weight excluding hydrogens is 562 g/mol. The lowest BCUT2D eigenvalue weighted by molar-refractivity contribution is -0.288. The highest BCUT2D eigenvalue weighted by atomic mass is 32.2. The number of carbonyl (C=O) groups is 4. The first kappa shape index (κ1) is 31.4. The van der Waals surface area contributed by atoms with Crippen LogP contribution in [-0.4, -0.2) is 69.6 Å². The minimum atomic E-state index is -3.85. The van der Waals surface area contributed by atoms with Gasteiger partial charge < -0.3 is 28.4 Å². The van der Waals surface area contributed by atoms with Crippen LogP contribution >= 0.6 is 0 Å². The van der Waals surface area contributed by atoms with Gasteiger partial charge in [0.25, 0.3) is 10.0 Å². The maximum absolute atomic E-state index is 12.7. The SMILES string of the molecule is CC(=O)OC[C@H]1O[C@H](Oc2ccc(NS(=O)(=O)c3ccc(C)cc3)cc2)[C@H](OC(C)=O)[C@@H](OC(C)=O)[C@@H]1OC(C)=O. The Morgan fingerprint density at radius 3 is 1.83 bits per heavy atom. The normalized spacial score (nSPS) is 22.1. The van der Waals surface area contributed by atoms with E-state index in [-0.39, 0.29) is 16.3 Å². The lowest BCUT2D eigenvalue weighted by Gasteiger charge is -2.43. The molecule has 0 radical (unpaired) electrons. The van der Waals surface area contributed by atoms with Crippen molar-refractivity contribution in [1.82, 2.24) is 0 Å². The van der Waals surface area contributed by atoms with E-state index in [1.807, 2.05) is 6.92 Å². The molecular formula is C27H31NO12S. The second-order valence-electron chi connectivity index (χ2n) is 9.13. The van der Waals surface area contributed by atoms with Crippen LogP contribution in [0, 0.1) is 6.92 Å². The molecule has 222 valence electrons. The highest BCUT2D eigenvalue weighted by Gasteiger charge is 2.53. The summed E-state index contributed by atoms with van der Waals surface area (Å²) in [6.07, 6.45) is -6.72. The quantitative estimate of drug-likeness (QED) is 0.315. The van der Waals surface area contributed by atoms with Gasteiger partial charge in [0, 0.05) is 33.4 Å². The number of carbonyl (C=O) groups excluding carboxylic acids is 4. The van der Waals surface area contributed by atoms with Crippen molar-refractivity contribution in [3.63, 3.8) is 0 Å². The van der Waals surface area contributed by atoms with Gasteiger partial charge in [-0.15, -0.1) is 0 Å². The molecule has 3 rings (SSSR count). The van der Waals surface area contributed by atoms with Gasteiger partial charge in [0.05, 0.1) is 4.90 Å². The summed E-state index contributed by atoms with van der Waals surface area (Å²) in [5.74, 6) is -2.80. The molecule has 1 N–H and O–H groups in total. The first-order valence-corrected chi connectivity index (χ1v) is 13.9. The molecule has 1 saturated heterocycles. The van der Waals surface area contributed by atoms with Gasteiger partial charge in [-0.3, -0.25) is 23.9 Å². The number of ether oxygens (including phenoxy) is 6. The summed E-state index contributed by atoms with van der Waals surface area (Å²) in [5, 5.41) is 0. The fraction of sp³-hybridized carbons (Fsp3) is 0.407. The van der Waals surface area contributed by atoms with Crippen molar-refractivity contribution in [3.8, 4) is 5.75 Å². The van der Waals surface area contributed by atoms with E-state index in [2.05, 4.69) is 4.72 Å². The van der Waals surface area contributed by atoms with Crippen LogP contribution in [0.5, 0.6) is 5.75 Å². The van der Waals surface area contributed by atoms with Gasteiger partial charge in [-0.25, -0.2) is 8.42 Å². The van der Waals surface area contributed by atoms with Crippen LogP contribution in [0.15, 0.2) is 53.4 Å². The molecule has 1 fully saturated rings. The fourth-order valence-electron chi connectivity index (χ4n) is 3.95. The zero-order chi connectivity index (χ0) is 30.3. The van der Waals surface area contributed by atoms with Gasteiger partial charge in [0.2, 0.25) is 12.4 Å². The van der Waals surface area contributed by atoms with Gasteiger partial charge in [0.1, 0.15) is 18.5 Å². The number of rotatable bonds is 10. The van der Waals surface area contributed by atoms with Crippen LogP contribution in [0.25, 0.3) is 0 Å². The molecule has 13 nitrogen and oxygen atoms in total. The van der Waals surface area contributed by atoms with E-state index in [1.165, 1.54) is 36.4 Å². The third kappa shape index (κ3) is 8.91. The Hall–Kier alpha value is -4.17. The summed E-state index contributed by atoms with van der Waals surface area (Å²) in [4.78, 5) is 47.3. The van der Waals surface area contributed by atoms with Gasteiger partial charge in [-0.1, -0.05) is 17.7 Å². The number of aryl methyl sites for hydroxylation is 1. The molecule has 5 atom stereocenters. The Balaban J connectivity index is 1.87. The van der Waals surface area contributed by atoms with Crippen molar-refractivity contribution in [2.24, 2.45) is 0 Å². The summed E-state index contributed by atoms with van der Waals surface area (Å²) in [6.45, 7) is 5.94. The van der Waals surface area contributed by atoms with Crippen LogP contribution in [0.3, 0.4) is 0 Å². The Morgan fingerprint density at radius 1 is 0.756 bits per heavy atom. The lowest BCUT2D eigenvalue weighted by Crippen LogP contribution is -2.63. The van der Waals surface area contributed by atoms with E-state index < -0.39 is 71.2 Å². The van der Waals surface area contributed by atoms with Gasteiger partial charge in [0.15, 0.2) is 12.2 Å². The zero-order valence-corrected chi connectivity index (χ0v) is 23.8. The molecule has 14 heteroatoms. The monoisotopic (exact) mass is 593 g/mol. The van der Waals surface area contributed by atoms with Crippen LogP contribution in [0.4, 0.5) is 5.69 Å². The smallest absolute Gasteiger partial charge is 0.303 e. The van der Waals surface area contributed by atoms with E-state index in [0.29, 0.717) is 0 Å². The van der Waals surface area contributed by atoms with E-state index in [4.69, 9.17) is 28.4 Å². The Bertz CT molecular complexity index is 1360. The lowest BCUT2D eigenvalue weighted by atomic mass is 9.98. The summed E-state index contributed by atoms with van der Waals surface area (Å²) in [7, 11) is -3.85. The molecule has 0 aromatic heterocycles. The van der Waals surface area contributed by atoms with Crippen molar-refractivity contribution >= 4 is 39.6 Å². The number of sulfonamides is 1. The molecule has 1 heterocycles. The minimum Gasteiger partial charge on any atom is -0.463 e. The van der Waals surface area contributed by atoms with Crippen molar-refractivity contribution in [2.75, 3.05) is 11.3 Å². The van der Waals surface area contributed by atoms with E-state index >= 15 is 0 Å². The van der Waals surface area contributed by atoms with Crippen LogP contribution in [-0.2, 0) is 52.9 Å². The summed E-state index contributed by atoms with van der Waals surface area (Å²) < 4.78 is 60.8. The first-order chi connectivity index (χ1) is 19.2. The maximum atomic E-state index is 12.7. The molecule has 1 aliphatic rings. The number of nitrogens with one attached hydrogen (secondary N) is 1. The summed E-state index contributed by atoms with van der Waals surface area (Å²) in [6, 6.07) is 12.1. The standard InChI is InChI=1S/C27H31NO12S/c1-15-6-12-22(13-7-15)41(33,34)28-20-8-10-21(11-9-20)39-27-26(38-19(5)32)25(37-18(4)31)24(36-17(3)30)23(40-27)14-35-16(2)29/h6-13,23-28H,14H2,1-5H3/t23-,24-,25+,26-,27+/m1/s1. The average molecular weight is 594 g/mol. The van der Waals surface area contributed by atoms with Gasteiger partial charge in [-0.05, 0) is 43.3 Å². The van der Waals surface area contributed by atoms with Gasteiger partial charge in [-0.2, -0.15) is 0 Å².